The smallest absolute Gasteiger partial charge is 0.266 e. The van der Waals surface area contributed by atoms with Crippen molar-refractivity contribution in [1.82, 2.24) is 0 Å². The lowest BCUT2D eigenvalue weighted by Crippen LogP contribution is -2.14. The summed E-state index contributed by atoms with van der Waals surface area (Å²) in [5.74, 6) is 0.297. The van der Waals surface area contributed by atoms with Crippen LogP contribution in [0.2, 0.25) is 0 Å². The van der Waals surface area contributed by atoms with E-state index < -0.39 is 5.91 Å². The third-order valence-corrected chi connectivity index (χ3v) is 5.86. The summed E-state index contributed by atoms with van der Waals surface area (Å²) in [6, 6.07) is 27.7. The number of nitriles is 1. The molecule has 0 bridgehead atoms. The van der Waals surface area contributed by atoms with Gasteiger partial charge in [-0.3, -0.25) is 4.79 Å². The SMILES string of the molecule is Cc1ccc(C)c(NC(=O)/C(C#N)=C/c2ccc(OCc3c(C)ccc4ccccc34)cc2)c1. The zero-order valence-electron chi connectivity index (χ0n) is 19.6. The topological polar surface area (TPSA) is 62.1 Å². The maximum Gasteiger partial charge on any atom is 0.266 e. The van der Waals surface area contributed by atoms with Crippen molar-refractivity contribution in [2.24, 2.45) is 0 Å². The second kappa shape index (κ2) is 10.1. The maximum absolute atomic E-state index is 12.7. The fourth-order valence-corrected chi connectivity index (χ4v) is 3.83. The monoisotopic (exact) mass is 446 g/mol. The summed E-state index contributed by atoms with van der Waals surface area (Å²) < 4.78 is 6.05. The molecule has 0 fully saturated rings. The number of anilines is 1. The number of hydrogen-bond donors (Lipinski definition) is 1. The van der Waals surface area contributed by atoms with Gasteiger partial charge in [-0.2, -0.15) is 5.26 Å². The van der Waals surface area contributed by atoms with Crippen LogP contribution in [0, 0.1) is 32.1 Å². The van der Waals surface area contributed by atoms with Gasteiger partial charge in [0.1, 0.15) is 24.0 Å². The van der Waals surface area contributed by atoms with Gasteiger partial charge < -0.3 is 10.1 Å². The Morgan fingerprint density at radius 2 is 1.68 bits per heavy atom. The van der Waals surface area contributed by atoms with Gasteiger partial charge in [-0.05, 0) is 78.1 Å². The highest BCUT2D eigenvalue weighted by Gasteiger charge is 2.11. The molecule has 0 aromatic heterocycles. The molecule has 4 heteroatoms. The number of amides is 1. The molecule has 0 saturated carbocycles. The molecule has 0 aliphatic rings. The lowest BCUT2D eigenvalue weighted by molar-refractivity contribution is -0.112. The summed E-state index contributed by atoms with van der Waals surface area (Å²) in [5, 5.41) is 14.8. The number of ether oxygens (including phenoxy) is 1. The van der Waals surface area contributed by atoms with E-state index in [0.29, 0.717) is 12.3 Å². The highest BCUT2D eigenvalue weighted by Crippen LogP contribution is 2.24. The molecule has 4 aromatic rings. The van der Waals surface area contributed by atoms with E-state index in [9.17, 15) is 10.1 Å². The van der Waals surface area contributed by atoms with Crippen molar-refractivity contribution >= 4 is 28.4 Å². The van der Waals surface area contributed by atoms with Crippen LogP contribution < -0.4 is 10.1 Å². The third kappa shape index (κ3) is 5.16. The summed E-state index contributed by atoms with van der Waals surface area (Å²) in [5.41, 5.74) is 5.83. The molecule has 0 spiro atoms. The van der Waals surface area contributed by atoms with Gasteiger partial charge in [-0.1, -0.05) is 60.7 Å². The van der Waals surface area contributed by atoms with Crippen LogP contribution in [-0.2, 0) is 11.4 Å². The van der Waals surface area contributed by atoms with Crippen molar-refractivity contribution in [2.75, 3.05) is 5.32 Å². The summed E-state index contributed by atoms with van der Waals surface area (Å²) >= 11 is 0. The van der Waals surface area contributed by atoms with Crippen LogP contribution in [-0.4, -0.2) is 5.91 Å². The van der Waals surface area contributed by atoms with Crippen molar-refractivity contribution in [1.29, 1.82) is 5.26 Å². The first-order chi connectivity index (χ1) is 16.4. The second-order valence-corrected chi connectivity index (χ2v) is 8.38. The fourth-order valence-electron chi connectivity index (χ4n) is 3.83. The quantitative estimate of drug-likeness (QED) is 0.259. The number of carbonyl (C=O) groups is 1. The molecule has 0 aliphatic heterocycles. The van der Waals surface area contributed by atoms with Gasteiger partial charge in [0.05, 0.1) is 0 Å². The molecule has 0 aliphatic carbocycles. The van der Waals surface area contributed by atoms with Crippen LogP contribution in [0.15, 0.2) is 84.4 Å². The lowest BCUT2D eigenvalue weighted by atomic mass is 10.0. The number of aryl methyl sites for hydroxylation is 3. The largest absolute Gasteiger partial charge is 0.489 e. The number of nitrogens with one attached hydrogen (secondary N) is 1. The Morgan fingerprint density at radius 1 is 0.941 bits per heavy atom. The van der Waals surface area contributed by atoms with Crippen LogP contribution >= 0.6 is 0 Å². The van der Waals surface area contributed by atoms with E-state index in [1.54, 1.807) is 6.08 Å². The number of rotatable bonds is 6. The van der Waals surface area contributed by atoms with Crippen molar-refractivity contribution in [3.63, 3.8) is 0 Å². The minimum Gasteiger partial charge on any atom is -0.489 e. The Bertz CT molecular complexity index is 1430. The summed E-state index contributed by atoms with van der Waals surface area (Å²) in [6.45, 7) is 6.43. The van der Waals surface area contributed by atoms with E-state index in [4.69, 9.17) is 4.74 Å². The van der Waals surface area contributed by atoms with E-state index in [-0.39, 0.29) is 5.57 Å². The predicted molar refractivity (Wildman–Crippen MR) is 138 cm³/mol. The summed E-state index contributed by atoms with van der Waals surface area (Å²) in [4.78, 5) is 12.7. The Balaban J connectivity index is 1.47. The highest BCUT2D eigenvalue weighted by molar-refractivity contribution is 6.10. The van der Waals surface area contributed by atoms with Crippen molar-refractivity contribution in [3.05, 3.63) is 112 Å². The van der Waals surface area contributed by atoms with Crippen LogP contribution in [0.3, 0.4) is 0 Å². The number of nitrogens with zero attached hydrogens (tertiary/aromatic N) is 1. The predicted octanol–water partition coefficient (Wildman–Crippen LogP) is 6.89. The minimum atomic E-state index is -0.428. The van der Waals surface area contributed by atoms with Crippen molar-refractivity contribution in [2.45, 2.75) is 27.4 Å². The molecule has 0 atom stereocenters. The highest BCUT2D eigenvalue weighted by atomic mass is 16.5. The molecule has 0 saturated heterocycles. The van der Waals surface area contributed by atoms with Crippen LogP contribution in [0.1, 0.15) is 27.8 Å². The van der Waals surface area contributed by atoms with E-state index >= 15 is 0 Å². The summed E-state index contributed by atoms with van der Waals surface area (Å²) in [6.07, 6.45) is 1.58. The molecular weight excluding hydrogens is 420 g/mol. The zero-order chi connectivity index (χ0) is 24.1. The van der Waals surface area contributed by atoms with Crippen molar-refractivity contribution in [3.8, 4) is 11.8 Å². The number of hydrogen-bond acceptors (Lipinski definition) is 3. The van der Waals surface area contributed by atoms with E-state index in [1.807, 2.05) is 74.5 Å². The lowest BCUT2D eigenvalue weighted by Gasteiger charge is -2.12. The standard InChI is InChI=1S/C30H26N2O2/c1-20-8-9-22(3)29(16-20)32-30(33)25(18-31)17-23-11-14-26(15-12-23)34-19-28-21(2)10-13-24-6-4-5-7-27(24)28/h4-17H,19H2,1-3H3,(H,32,33)/b25-17+. The second-order valence-electron chi connectivity index (χ2n) is 8.38. The van der Waals surface area contributed by atoms with Gasteiger partial charge in [-0.25, -0.2) is 0 Å². The molecule has 1 N–H and O–H groups in total. The van der Waals surface area contributed by atoms with Crippen LogP contribution in [0.25, 0.3) is 16.8 Å². The molecule has 4 nitrogen and oxygen atoms in total. The van der Waals surface area contributed by atoms with Gasteiger partial charge in [0.15, 0.2) is 0 Å². The first-order valence-electron chi connectivity index (χ1n) is 11.1. The first kappa shape index (κ1) is 22.8. The number of benzene rings is 4. The Hall–Kier alpha value is -4.36. The van der Waals surface area contributed by atoms with Gasteiger partial charge in [0.25, 0.3) is 5.91 Å². The van der Waals surface area contributed by atoms with E-state index in [0.717, 1.165) is 28.0 Å². The molecule has 0 heterocycles. The van der Waals surface area contributed by atoms with Gasteiger partial charge in [0.2, 0.25) is 0 Å². The first-order valence-corrected chi connectivity index (χ1v) is 11.1. The molecule has 0 radical (unpaired) electrons. The Labute approximate surface area is 200 Å². The molecule has 34 heavy (non-hydrogen) atoms. The van der Waals surface area contributed by atoms with Gasteiger partial charge in [0, 0.05) is 11.3 Å². The number of fused-ring (bicyclic) bond motifs is 1. The molecule has 0 unspecified atom stereocenters. The summed E-state index contributed by atoms with van der Waals surface area (Å²) in [7, 11) is 0. The molecule has 4 aromatic carbocycles. The molecular formula is C30H26N2O2. The normalized spacial score (nSPS) is 11.2. The fraction of sp³-hybridized carbons (Fsp3) is 0.133. The van der Waals surface area contributed by atoms with E-state index in [1.165, 1.54) is 16.3 Å². The zero-order valence-corrected chi connectivity index (χ0v) is 19.6. The average Bonchev–Trinajstić information content (AvgIpc) is 2.85. The van der Waals surface area contributed by atoms with Crippen molar-refractivity contribution < 1.29 is 9.53 Å². The molecule has 4 rings (SSSR count). The van der Waals surface area contributed by atoms with Gasteiger partial charge >= 0.3 is 0 Å². The van der Waals surface area contributed by atoms with Crippen LogP contribution in [0.5, 0.6) is 5.75 Å². The van der Waals surface area contributed by atoms with Gasteiger partial charge in [-0.15, -0.1) is 0 Å². The molecule has 1 amide bonds. The maximum atomic E-state index is 12.7. The van der Waals surface area contributed by atoms with Crippen LogP contribution in [0.4, 0.5) is 5.69 Å². The minimum absolute atomic E-state index is 0.0426. The molecule has 168 valence electrons. The average molecular weight is 447 g/mol. The van der Waals surface area contributed by atoms with E-state index in [2.05, 4.69) is 36.5 Å². The Morgan fingerprint density at radius 3 is 2.44 bits per heavy atom. The third-order valence-electron chi connectivity index (χ3n) is 5.86. The number of carbonyl (C=O) groups excluding carboxylic acids is 1. The Kier molecular flexibility index (Phi) is 6.75.